The lowest BCUT2D eigenvalue weighted by Gasteiger charge is -2.31. The maximum absolute atomic E-state index is 11.1. The summed E-state index contributed by atoms with van der Waals surface area (Å²) in [6.45, 7) is 3.91. The van der Waals surface area contributed by atoms with Crippen molar-refractivity contribution < 1.29 is 9.53 Å². The van der Waals surface area contributed by atoms with E-state index in [-0.39, 0.29) is 11.8 Å². The molecule has 2 aromatic heterocycles. The Morgan fingerprint density at radius 3 is 2.82 bits per heavy atom. The highest BCUT2D eigenvalue weighted by Crippen LogP contribution is 2.26. The smallest absolute Gasteiger partial charge is 0.267 e. The Hall–Kier alpha value is -2.15. The van der Waals surface area contributed by atoms with Crippen LogP contribution in [-0.4, -0.2) is 35.1 Å². The fourth-order valence-electron chi connectivity index (χ4n) is 2.47. The molecule has 2 N–H and O–H groups in total. The summed E-state index contributed by atoms with van der Waals surface area (Å²) in [5.41, 5.74) is 5.46. The zero-order chi connectivity index (χ0) is 15.5. The second-order valence-electron chi connectivity index (χ2n) is 5.30. The van der Waals surface area contributed by atoms with Crippen molar-refractivity contribution in [2.45, 2.75) is 25.9 Å². The Labute approximate surface area is 132 Å². The summed E-state index contributed by atoms with van der Waals surface area (Å²) in [6.07, 6.45) is 5.44. The molecule has 1 amide bonds. The molecule has 7 heteroatoms. The molecule has 3 rings (SSSR count). The summed E-state index contributed by atoms with van der Waals surface area (Å²) in [5, 5.41) is 1.08. The lowest BCUT2D eigenvalue weighted by atomic mass is 10.1. The van der Waals surface area contributed by atoms with Gasteiger partial charge in [-0.2, -0.15) is 0 Å². The van der Waals surface area contributed by atoms with Crippen molar-refractivity contribution in [1.29, 1.82) is 0 Å². The van der Waals surface area contributed by atoms with Crippen molar-refractivity contribution in [2.75, 3.05) is 18.0 Å². The molecule has 6 nitrogen and oxygen atoms in total. The second-order valence-corrected chi connectivity index (χ2v) is 6.51. The molecule has 0 radical (unpaired) electrons. The molecule has 0 saturated carbocycles. The van der Waals surface area contributed by atoms with Gasteiger partial charge < -0.3 is 15.4 Å². The first-order valence-electron chi connectivity index (χ1n) is 7.22. The molecule has 0 bridgehead atoms. The average molecular weight is 318 g/mol. The number of amides is 1. The Morgan fingerprint density at radius 2 is 2.18 bits per heavy atom. The minimum atomic E-state index is -0.542. The molecule has 0 aromatic carbocycles. The molecule has 2 aromatic rings. The van der Waals surface area contributed by atoms with E-state index in [1.807, 2.05) is 6.20 Å². The number of aryl methyl sites for hydroxylation is 1. The first-order valence-corrected chi connectivity index (χ1v) is 8.03. The van der Waals surface area contributed by atoms with Gasteiger partial charge in [-0.15, -0.1) is 11.3 Å². The number of hydrogen-bond acceptors (Lipinski definition) is 6. The van der Waals surface area contributed by atoms with Crippen LogP contribution in [-0.2, 0) is 0 Å². The molecule has 3 heterocycles. The molecular weight excluding hydrogens is 300 g/mol. The summed E-state index contributed by atoms with van der Waals surface area (Å²) in [4.78, 5) is 23.0. The van der Waals surface area contributed by atoms with Crippen LogP contribution in [0.2, 0.25) is 0 Å². The monoisotopic (exact) mass is 318 g/mol. The SMILES string of the molecule is Cc1cnc(N2CCC(Oc3ccnc(C(N)=O)c3)CC2)s1. The van der Waals surface area contributed by atoms with Crippen LogP contribution in [0.15, 0.2) is 24.5 Å². The van der Waals surface area contributed by atoms with Crippen LogP contribution in [0.3, 0.4) is 0 Å². The quantitative estimate of drug-likeness (QED) is 0.932. The fraction of sp³-hybridized carbons (Fsp3) is 0.400. The van der Waals surface area contributed by atoms with Crippen LogP contribution < -0.4 is 15.4 Å². The van der Waals surface area contributed by atoms with Crippen LogP contribution >= 0.6 is 11.3 Å². The lowest BCUT2D eigenvalue weighted by Crippen LogP contribution is -2.38. The molecular formula is C15H18N4O2S. The van der Waals surface area contributed by atoms with Gasteiger partial charge in [0.2, 0.25) is 0 Å². The van der Waals surface area contributed by atoms with Crippen LogP contribution in [0, 0.1) is 6.92 Å². The normalized spacial score (nSPS) is 15.8. The number of aromatic nitrogens is 2. The van der Waals surface area contributed by atoms with Crippen LogP contribution in [0.5, 0.6) is 5.75 Å². The van der Waals surface area contributed by atoms with Crippen LogP contribution in [0.25, 0.3) is 0 Å². The van der Waals surface area contributed by atoms with E-state index >= 15 is 0 Å². The number of piperidine rings is 1. The highest BCUT2D eigenvalue weighted by Gasteiger charge is 2.22. The molecule has 1 saturated heterocycles. The van der Waals surface area contributed by atoms with Crippen molar-refractivity contribution in [1.82, 2.24) is 9.97 Å². The van der Waals surface area contributed by atoms with Gasteiger partial charge in [0.15, 0.2) is 5.13 Å². The maximum atomic E-state index is 11.1. The minimum absolute atomic E-state index is 0.139. The number of carbonyl (C=O) groups is 1. The van der Waals surface area contributed by atoms with E-state index < -0.39 is 5.91 Å². The Bertz CT molecular complexity index is 665. The standard InChI is InChI=1S/C15H18N4O2S/c1-10-9-18-15(22-10)19-6-3-11(4-7-19)21-12-2-5-17-13(8-12)14(16)20/h2,5,8-9,11H,3-4,6-7H2,1H3,(H2,16,20). The number of thiazole rings is 1. The van der Waals surface area contributed by atoms with Gasteiger partial charge in [0.25, 0.3) is 5.91 Å². The molecule has 1 fully saturated rings. The second kappa shape index (κ2) is 6.31. The summed E-state index contributed by atoms with van der Waals surface area (Å²) >= 11 is 1.72. The Balaban J connectivity index is 1.58. The largest absolute Gasteiger partial charge is 0.490 e. The number of pyridine rings is 1. The molecule has 0 aliphatic carbocycles. The van der Waals surface area contributed by atoms with E-state index in [9.17, 15) is 4.79 Å². The zero-order valence-corrected chi connectivity index (χ0v) is 13.2. The molecule has 0 unspecified atom stereocenters. The molecule has 22 heavy (non-hydrogen) atoms. The van der Waals surface area contributed by atoms with E-state index in [0.29, 0.717) is 5.75 Å². The number of ether oxygens (including phenoxy) is 1. The van der Waals surface area contributed by atoms with Gasteiger partial charge in [0.1, 0.15) is 17.5 Å². The van der Waals surface area contributed by atoms with Gasteiger partial charge in [-0.3, -0.25) is 9.78 Å². The van der Waals surface area contributed by atoms with Gasteiger partial charge >= 0.3 is 0 Å². The predicted molar refractivity (Wildman–Crippen MR) is 85.5 cm³/mol. The summed E-state index contributed by atoms with van der Waals surface area (Å²) in [7, 11) is 0. The Kier molecular flexibility index (Phi) is 4.24. The minimum Gasteiger partial charge on any atom is -0.490 e. The summed E-state index contributed by atoms with van der Waals surface area (Å²) in [6, 6.07) is 3.35. The van der Waals surface area contributed by atoms with Crippen molar-refractivity contribution in [3.63, 3.8) is 0 Å². The van der Waals surface area contributed by atoms with Crippen molar-refractivity contribution in [3.8, 4) is 5.75 Å². The number of carbonyl (C=O) groups excluding carboxylic acids is 1. The number of nitrogens with two attached hydrogens (primary N) is 1. The van der Waals surface area contributed by atoms with Gasteiger partial charge in [0.05, 0.1) is 0 Å². The molecule has 0 atom stereocenters. The van der Waals surface area contributed by atoms with Crippen LogP contribution in [0.1, 0.15) is 28.2 Å². The summed E-state index contributed by atoms with van der Waals surface area (Å²) in [5.74, 6) is 0.103. The van der Waals surface area contributed by atoms with Crippen molar-refractivity contribution >= 4 is 22.4 Å². The first-order chi connectivity index (χ1) is 10.6. The lowest BCUT2D eigenvalue weighted by molar-refractivity contribution is 0.0994. The molecule has 0 spiro atoms. The average Bonchev–Trinajstić information content (AvgIpc) is 2.95. The number of primary amides is 1. The highest BCUT2D eigenvalue weighted by atomic mass is 32.1. The summed E-state index contributed by atoms with van der Waals surface area (Å²) < 4.78 is 5.94. The van der Waals surface area contributed by atoms with Crippen molar-refractivity contribution in [2.24, 2.45) is 5.73 Å². The van der Waals surface area contributed by atoms with E-state index in [2.05, 4.69) is 21.8 Å². The van der Waals surface area contributed by atoms with Gasteiger partial charge in [-0.1, -0.05) is 0 Å². The first kappa shape index (κ1) is 14.8. The fourth-order valence-corrected chi connectivity index (χ4v) is 3.28. The third-order valence-electron chi connectivity index (χ3n) is 3.61. The topological polar surface area (TPSA) is 81.3 Å². The molecule has 1 aliphatic rings. The zero-order valence-electron chi connectivity index (χ0n) is 12.4. The van der Waals surface area contributed by atoms with Gasteiger partial charge in [-0.25, -0.2) is 4.98 Å². The van der Waals surface area contributed by atoms with Gasteiger partial charge in [-0.05, 0) is 13.0 Å². The van der Waals surface area contributed by atoms with E-state index in [1.165, 1.54) is 4.88 Å². The number of anilines is 1. The van der Waals surface area contributed by atoms with E-state index in [0.717, 1.165) is 31.1 Å². The van der Waals surface area contributed by atoms with E-state index in [4.69, 9.17) is 10.5 Å². The predicted octanol–water partition coefficient (Wildman–Crippen LogP) is 1.99. The third kappa shape index (κ3) is 3.36. The maximum Gasteiger partial charge on any atom is 0.267 e. The number of nitrogens with zero attached hydrogens (tertiary/aromatic N) is 3. The molecule has 116 valence electrons. The highest BCUT2D eigenvalue weighted by molar-refractivity contribution is 7.15. The molecule has 1 aliphatic heterocycles. The Morgan fingerprint density at radius 1 is 1.41 bits per heavy atom. The van der Waals surface area contributed by atoms with Crippen molar-refractivity contribution in [3.05, 3.63) is 35.1 Å². The third-order valence-corrected chi connectivity index (χ3v) is 4.58. The van der Waals surface area contributed by atoms with Crippen LogP contribution in [0.4, 0.5) is 5.13 Å². The van der Waals surface area contributed by atoms with Gasteiger partial charge in [0, 0.05) is 49.3 Å². The van der Waals surface area contributed by atoms with E-state index in [1.54, 1.807) is 29.7 Å². The number of rotatable bonds is 4. The number of hydrogen-bond donors (Lipinski definition) is 1.